The molecule has 1 aliphatic carbocycles. The van der Waals surface area contributed by atoms with Crippen molar-refractivity contribution in [2.24, 2.45) is 0 Å². The highest BCUT2D eigenvalue weighted by atomic mass is 35.5. The van der Waals surface area contributed by atoms with Gasteiger partial charge < -0.3 is 9.64 Å². The fourth-order valence-corrected chi connectivity index (χ4v) is 5.26. The van der Waals surface area contributed by atoms with Gasteiger partial charge in [0.15, 0.2) is 5.65 Å². The molecule has 0 radical (unpaired) electrons. The number of aryl methyl sites for hydroxylation is 3. The first-order valence-electron chi connectivity index (χ1n) is 12.1. The lowest BCUT2D eigenvalue weighted by Gasteiger charge is -2.27. The summed E-state index contributed by atoms with van der Waals surface area (Å²) < 4.78 is 7.54. The van der Waals surface area contributed by atoms with Crippen LogP contribution in [0.2, 0.25) is 5.02 Å². The number of nitrogens with zero attached hydrogens (tertiary/aromatic N) is 4. The first-order valence-corrected chi connectivity index (χ1v) is 12.4. The molecule has 0 atom stereocenters. The summed E-state index contributed by atoms with van der Waals surface area (Å²) >= 11 is 6.15. The predicted molar refractivity (Wildman–Crippen MR) is 139 cm³/mol. The number of benzene rings is 2. The van der Waals surface area contributed by atoms with Crippen LogP contribution in [0.25, 0.3) is 16.8 Å². The Morgan fingerprint density at radius 1 is 1.09 bits per heavy atom. The van der Waals surface area contributed by atoms with E-state index in [4.69, 9.17) is 26.4 Å². The molecule has 5 nitrogen and oxygen atoms in total. The zero-order valence-corrected chi connectivity index (χ0v) is 21.1. The van der Waals surface area contributed by atoms with Crippen LogP contribution in [0.15, 0.2) is 42.5 Å². The van der Waals surface area contributed by atoms with E-state index in [0.29, 0.717) is 0 Å². The predicted octanol–water partition coefficient (Wildman–Crippen LogP) is 6.58. The van der Waals surface area contributed by atoms with Gasteiger partial charge in [0.1, 0.15) is 11.6 Å². The van der Waals surface area contributed by atoms with Gasteiger partial charge in [-0.25, -0.2) is 4.98 Å². The molecule has 2 heterocycles. The van der Waals surface area contributed by atoms with Crippen molar-refractivity contribution in [2.75, 3.05) is 18.6 Å². The molecule has 0 N–H and O–H groups in total. The SMILES string of the molecule is CCCN(Cc1ccc(Cl)cc1)c1c2c(nc3c(-c4ccc(OC)cc4C)c(C)nn13)CCC2. The van der Waals surface area contributed by atoms with Gasteiger partial charge in [-0.1, -0.05) is 36.7 Å². The lowest BCUT2D eigenvalue weighted by molar-refractivity contribution is 0.414. The van der Waals surface area contributed by atoms with E-state index in [2.05, 4.69) is 54.5 Å². The molecule has 0 unspecified atom stereocenters. The maximum Gasteiger partial charge on any atom is 0.165 e. The third-order valence-corrected chi connectivity index (χ3v) is 6.97. The summed E-state index contributed by atoms with van der Waals surface area (Å²) in [5, 5.41) is 5.83. The van der Waals surface area contributed by atoms with Crippen LogP contribution in [0.1, 0.15) is 47.8 Å². The van der Waals surface area contributed by atoms with E-state index in [-0.39, 0.29) is 0 Å². The first-order chi connectivity index (χ1) is 16.5. The largest absolute Gasteiger partial charge is 0.497 e. The summed E-state index contributed by atoms with van der Waals surface area (Å²) in [6, 6.07) is 14.4. The van der Waals surface area contributed by atoms with Gasteiger partial charge in [-0.2, -0.15) is 9.61 Å². The van der Waals surface area contributed by atoms with Crippen molar-refractivity contribution >= 4 is 23.1 Å². The van der Waals surface area contributed by atoms with Gasteiger partial charge in [-0.15, -0.1) is 0 Å². The summed E-state index contributed by atoms with van der Waals surface area (Å²) in [6.45, 7) is 8.20. The molecule has 0 saturated heterocycles. The summed E-state index contributed by atoms with van der Waals surface area (Å²) in [6.07, 6.45) is 4.26. The normalized spacial score (nSPS) is 12.9. The van der Waals surface area contributed by atoms with Crippen LogP contribution in [0, 0.1) is 13.8 Å². The third kappa shape index (κ3) is 4.03. The maximum atomic E-state index is 6.15. The van der Waals surface area contributed by atoms with Crippen molar-refractivity contribution in [1.29, 1.82) is 0 Å². The summed E-state index contributed by atoms with van der Waals surface area (Å²) in [7, 11) is 1.70. The standard InChI is InChI=1S/C28H31ClN4O/c1-5-15-32(17-20-9-11-21(29)12-10-20)28-24-7-6-8-25(24)30-27-26(19(3)31-33(27)28)23-14-13-22(34-4)16-18(23)2/h9-14,16H,5-8,15,17H2,1-4H3. The third-order valence-electron chi connectivity index (χ3n) is 6.72. The lowest BCUT2D eigenvalue weighted by atomic mass is 10.0. The molecule has 0 spiro atoms. The van der Waals surface area contributed by atoms with Crippen molar-refractivity contribution in [3.05, 3.63) is 75.6 Å². The topological polar surface area (TPSA) is 42.7 Å². The molecule has 2 aromatic heterocycles. The Balaban J connectivity index is 1.70. The van der Waals surface area contributed by atoms with Crippen LogP contribution >= 0.6 is 11.6 Å². The van der Waals surface area contributed by atoms with Crippen molar-refractivity contribution in [2.45, 2.75) is 53.0 Å². The van der Waals surface area contributed by atoms with Gasteiger partial charge in [0.25, 0.3) is 0 Å². The number of hydrogen-bond donors (Lipinski definition) is 0. The fraction of sp³-hybridized carbons (Fsp3) is 0.357. The van der Waals surface area contributed by atoms with Crippen LogP contribution in [-0.2, 0) is 19.4 Å². The molecular weight excluding hydrogens is 444 g/mol. The van der Waals surface area contributed by atoms with Crippen LogP contribution in [0.5, 0.6) is 5.75 Å². The average molecular weight is 475 g/mol. The molecule has 0 aliphatic heterocycles. The molecule has 0 amide bonds. The second kappa shape index (κ2) is 9.30. The first kappa shape index (κ1) is 22.7. The molecular formula is C28H31ClN4O. The second-order valence-electron chi connectivity index (χ2n) is 9.14. The number of fused-ring (bicyclic) bond motifs is 2. The highest BCUT2D eigenvalue weighted by Gasteiger charge is 2.27. The van der Waals surface area contributed by atoms with Crippen molar-refractivity contribution in [1.82, 2.24) is 14.6 Å². The van der Waals surface area contributed by atoms with E-state index in [1.165, 1.54) is 22.6 Å². The molecule has 0 fully saturated rings. The van der Waals surface area contributed by atoms with Gasteiger partial charge in [0.05, 0.1) is 12.8 Å². The van der Waals surface area contributed by atoms with Crippen LogP contribution < -0.4 is 9.64 Å². The Kier molecular flexibility index (Phi) is 6.22. The monoisotopic (exact) mass is 474 g/mol. The molecule has 5 rings (SSSR count). The molecule has 2 aromatic carbocycles. The van der Waals surface area contributed by atoms with E-state index < -0.39 is 0 Å². The number of ether oxygens (including phenoxy) is 1. The van der Waals surface area contributed by atoms with Gasteiger partial charge in [-0.3, -0.25) is 0 Å². The average Bonchev–Trinajstić information content (AvgIpc) is 3.42. The van der Waals surface area contributed by atoms with Crippen molar-refractivity contribution in [3.63, 3.8) is 0 Å². The van der Waals surface area contributed by atoms with Crippen molar-refractivity contribution < 1.29 is 4.74 Å². The summed E-state index contributed by atoms with van der Waals surface area (Å²) in [5.74, 6) is 2.05. The molecule has 6 heteroatoms. The number of rotatable bonds is 7. The Bertz CT molecular complexity index is 1340. The van der Waals surface area contributed by atoms with Crippen LogP contribution in [0.4, 0.5) is 5.82 Å². The number of aromatic nitrogens is 3. The summed E-state index contributed by atoms with van der Waals surface area (Å²) in [4.78, 5) is 7.65. The smallest absolute Gasteiger partial charge is 0.165 e. The number of methoxy groups -OCH3 is 1. The van der Waals surface area contributed by atoms with Crippen molar-refractivity contribution in [3.8, 4) is 16.9 Å². The van der Waals surface area contributed by atoms with Crippen LogP contribution in [-0.4, -0.2) is 28.3 Å². The number of anilines is 1. The van der Waals surface area contributed by atoms with Gasteiger partial charge in [-0.05, 0) is 80.5 Å². The second-order valence-corrected chi connectivity index (χ2v) is 9.58. The quantitative estimate of drug-likeness (QED) is 0.303. The van der Waals surface area contributed by atoms with Crippen LogP contribution in [0.3, 0.4) is 0 Å². The zero-order valence-electron chi connectivity index (χ0n) is 20.4. The van der Waals surface area contributed by atoms with Gasteiger partial charge in [0.2, 0.25) is 0 Å². The molecule has 176 valence electrons. The minimum absolute atomic E-state index is 0.764. The lowest BCUT2D eigenvalue weighted by Crippen LogP contribution is -2.27. The van der Waals surface area contributed by atoms with Gasteiger partial charge in [0, 0.05) is 34.9 Å². The van der Waals surface area contributed by atoms with E-state index in [9.17, 15) is 0 Å². The summed E-state index contributed by atoms with van der Waals surface area (Å²) in [5.41, 5.74) is 9.16. The Hall–Kier alpha value is -3.05. The minimum atomic E-state index is 0.764. The van der Waals surface area contributed by atoms with Gasteiger partial charge >= 0.3 is 0 Å². The highest BCUT2D eigenvalue weighted by molar-refractivity contribution is 6.30. The maximum absolute atomic E-state index is 6.15. The van der Waals surface area contributed by atoms with E-state index in [1.807, 2.05) is 18.2 Å². The van der Waals surface area contributed by atoms with E-state index >= 15 is 0 Å². The fourth-order valence-electron chi connectivity index (χ4n) is 5.14. The molecule has 4 aromatic rings. The Morgan fingerprint density at radius 3 is 2.59 bits per heavy atom. The molecule has 0 bridgehead atoms. The number of hydrogen-bond acceptors (Lipinski definition) is 4. The molecule has 1 aliphatic rings. The number of halogens is 1. The van der Waals surface area contributed by atoms with E-state index in [1.54, 1.807) is 7.11 Å². The minimum Gasteiger partial charge on any atom is -0.497 e. The highest BCUT2D eigenvalue weighted by Crippen LogP contribution is 2.38. The Morgan fingerprint density at radius 2 is 1.88 bits per heavy atom. The zero-order chi connectivity index (χ0) is 23.8. The Labute approximate surface area is 206 Å². The molecule has 0 saturated carbocycles. The van der Waals surface area contributed by atoms with E-state index in [0.717, 1.165) is 77.6 Å². The molecule has 34 heavy (non-hydrogen) atoms.